The van der Waals surface area contributed by atoms with E-state index >= 15 is 0 Å². The number of carbonyl (C=O) groups is 2. The van der Waals surface area contributed by atoms with Crippen LogP contribution in [0.15, 0.2) is 66.7 Å². The van der Waals surface area contributed by atoms with Gasteiger partial charge in [0.15, 0.2) is 5.60 Å². The van der Waals surface area contributed by atoms with Gasteiger partial charge in [-0.2, -0.15) is 0 Å². The minimum absolute atomic E-state index is 0.152. The first-order valence-electron chi connectivity index (χ1n) is 12.1. The number of ether oxygens (including phenoxy) is 1. The van der Waals surface area contributed by atoms with Gasteiger partial charge in [-0.3, -0.25) is 4.79 Å². The molecule has 0 unspecified atom stereocenters. The number of carboxylic acids is 1. The molecule has 37 heavy (non-hydrogen) atoms. The third-order valence-electron chi connectivity index (χ3n) is 6.75. The molecule has 0 aliphatic rings. The van der Waals surface area contributed by atoms with Crippen LogP contribution in [0.4, 0.5) is 0 Å². The van der Waals surface area contributed by atoms with E-state index in [9.17, 15) is 14.7 Å². The molecule has 0 saturated carbocycles. The molecule has 192 valence electrons. The van der Waals surface area contributed by atoms with E-state index in [1.165, 1.54) is 13.8 Å². The molecular formula is C30H31ClN2O4. The van der Waals surface area contributed by atoms with Crippen molar-refractivity contribution in [2.24, 2.45) is 7.05 Å². The summed E-state index contributed by atoms with van der Waals surface area (Å²) in [5.74, 6) is -0.666. The number of amides is 1. The van der Waals surface area contributed by atoms with Gasteiger partial charge in [-0.15, -0.1) is 0 Å². The summed E-state index contributed by atoms with van der Waals surface area (Å²) in [5, 5.41) is 14.1. The van der Waals surface area contributed by atoms with Crippen molar-refractivity contribution in [2.75, 3.05) is 0 Å². The Balaban J connectivity index is 1.58. The molecule has 3 aromatic carbocycles. The van der Waals surface area contributed by atoms with Crippen molar-refractivity contribution >= 4 is 34.4 Å². The molecule has 7 heteroatoms. The van der Waals surface area contributed by atoms with Gasteiger partial charge in [0.05, 0.1) is 6.04 Å². The lowest BCUT2D eigenvalue weighted by atomic mass is 10.0. The third kappa shape index (κ3) is 5.65. The minimum atomic E-state index is -1.32. The molecule has 1 amide bonds. The first kappa shape index (κ1) is 26.3. The summed E-state index contributed by atoms with van der Waals surface area (Å²) in [6, 6.07) is 20.5. The average molecular weight is 519 g/mol. The smallest absolute Gasteiger partial charge is 0.347 e. The number of aromatic nitrogens is 1. The Hall–Kier alpha value is -3.77. The Morgan fingerprint density at radius 1 is 1.08 bits per heavy atom. The van der Waals surface area contributed by atoms with Crippen LogP contribution < -0.4 is 10.1 Å². The summed E-state index contributed by atoms with van der Waals surface area (Å²) in [5.41, 5.74) is 4.41. The zero-order chi connectivity index (χ0) is 26.9. The monoisotopic (exact) mass is 518 g/mol. The molecule has 6 nitrogen and oxygen atoms in total. The number of aliphatic carboxylic acids is 1. The number of hydrogen-bond donors (Lipinski definition) is 2. The number of rotatable bonds is 8. The van der Waals surface area contributed by atoms with Crippen LogP contribution in [0.2, 0.25) is 5.02 Å². The van der Waals surface area contributed by atoms with Crippen LogP contribution in [0.1, 0.15) is 59.6 Å². The van der Waals surface area contributed by atoms with E-state index in [-0.39, 0.29) is 11.9 Å². The maximum Gasteiger partial charge on any atom is 0.347 e. The lowest BCUT2D eigenvalue weighted by molar-refractivity contribution is -0.152. The summed E-state index contributed by atoms with van der Waals surface area (Å²) < 4.78 is 7.81. The number of fused-ring (bicyclic) bond motifs is 1. The quantitative estimate of drug-likeness (QED) is 0.280. The number of halogens is 1. The number of benzene rings is 3. The molecule has 0 radical (unpaired) electrons. The normalized spacial score (nSPS) is 12.4. The van der Waals surface area contributed by atoms with Crippen molar-refractivity contribution in [2.45, 2.75) is 45.8 Å². The number of carboxylic acid groups (broad SMARTS) is 1. The van der Waals surface area contributed by atoms with Crippen molar-refractivity contribution in [3.05, 3.63) is 99.7 Å². The topological polar surface area (TPSA) is 80.6 Å². The second-order valence-corrected chi connectivity index (χ2v) is 10.3. The predicted octanol–water partition coefficient (Wildman–Crippen LogP) is 6.46. The number of nitrogens with zero attached hydrogens (tertiary/aromatic N) is 1. The van der Waals surface area contributed by atoms with E-state index in [1.54, 1.807) is 6.07 Å². The van der Waals surface area contributed by atoms with E-state index in [0.29, 0.717) is 22.8 Å². The standard InChI is InChI=1S/C30H31ClN2O4/c1-18(21-9-7-10-23(31)16-21)32-28(34)22-12-13-25-26(19(2)33(5)27(25)17-22)15-20-8-6-11-24(14-20)37-30(3,4)29(35)36/h6-14,16-18H,15H2,1-5H3,(H,32,34)(H,35,36)/t18-/m0/s1. The fourth-order valence-corrected chi connectivity index (χ4v) is 4.61. The number of carbonyl (C=O) groups excluding carboxylic acids is 1. The van der Waals surface area contributed by atoms with Crippen molar-refractivity contribution < 1.29 is 19.4 Å². The summed E-state index contributed by atoms with van der Waals surface area (Å²) in [6.07, 6.45) is 0.644. The zero-order valence-electron chi connectivity index (χ0n) is 21.6. The molecule has 4 aromatic rings. The van der Waals surface area contributed by atoms with Gasteiger partial charge < -0.3 is 19.7 Å². The molecule has 0 aliphatic heterocycles. The number of hydrogen-bond acceptors (Lipinski definition) is 3. The predicted molar refractivity (Wildman–Crippen MR) is 147 cm³/mol. The summed E-state index contributed by atoms with van der Waals surface area (Å²) in [7, 11) is 1.99. The lowest BCUT2D eigenvalue weighted by Gasteiger charge is -2.21. The molecule has 1 aromatic heterocycles. The Labute approximate surface area is 221 Å². The van der Waals surface area contributed by atoms with Crippen LogP contribution in [0, 0.1) is 6.92 Å². The first-order chi connectivity index (χ1) is 17.5. The van der Waals surface area contributed by atoms with E-state index in [4.69, 9.17) is 16.3 Å². The van der Waals surface area contributed by atoms with E-state index in [0.717, 1.165) is 33.3 Å². The second-order valence-electron chi connectivity index (χ2n) is 9.85. The van der Waals surface area contributed by atoms with Gasteiger partial charge in [-0.05, 0) is 87.2 Å². The molecule has 0 bridgehead atoms. The highest BCUT2D eigenvalue weighted by Crippen LogP contribution is 2.30. The van der Waals surface area contributed by atoms with Crippen LogP contribution in [-0.4, -0.2) is 27.2 Å². The van der Waals surface area contributed by atoms with Gasteiger partial charge in [0.2, 0.25) is 0 Å². The van der Waals surface area contributed by atoms with Gasteiger partial charge in [-0.25, -0.2) is 4.79 Å². The van der Waals surface area contributed by atoms with Crippen LogP contribution in [0.5, 0.6) is 5.75 Å². The van der Waals surface area contributed by atoms with Crippen LogP contribution in [0.25, 0.3) is 10.9 Å². The van der Waals surface area contributed by atoms with E-state index in [2.05, 4.69) is 16.8 Å². The minimum Gasteiger partial charge on any atom is -0.478 e. The van der Waals surface area contributed by atoms with Gasteiger partial charge in [-0.1, -0.05) is 41.9 Å². The molecule has 0 aliphatic carbocycles. The maximum atomic E-state index is 13.0. The second kappa shape index (κ2) is 10.3. The van der Waals surface area contributed by atoms with Crippen LogP contribution >= 0.6 is 11.6 Å². The molecule has 4 rings (SSSR count). The van der Waals surface area contributed by atoms with Crippen molar-refractivity contribution in [1.82, 2.24) is 9.88 Å². The molecular weight excluding hydrogens is 488 g/mol. The third-order valence-corrected chi connectivity index (χ3v) is 6.99. The fourth-order valence-electron chi connectivity index (χ4n) is 4.41. The van der Waals surface area contributed by atoms with Crippen LogP contribution in [-0.2, 0) is 18.3 Å². The van der Waals surface area contributed by atoms with Gasteiger partial charge in [0, 0.05) is 34.2 Å². The SMILES string of the molecule is Cc1c(Cc2cccc(OC(C)(C)C(=O)O)c2)c2ccc(C(=O)N[C@@H](C)c3cccc(Cl)c3)cc2n1C. The van der Waals surface area contributed by atoms with Gasteiger partial charge >= 0.3 is 5.97 Å². The highest BCUT2D eigenvalue weighted by Gasteiger charge is 2.29. The van der Waals surface area contributed by atoms with Gasteiger partial charge in [0.25, 0.3) is 5.91 Å². The zero-order valence-corrected chi connectivity index (χ0v) is 22.4. The fraction of sp³-hybridized carbons (Fsp3) is 0.267. The van der Waals surface area contributed by atoms with Gasteiger partial charge in [0.1, 0.15) is 5.75 Å². The average Bonchev–Trinajstić information content (AvgIpc) is 3.08. The van der Waals surface area contributed by atoms with E-state index < -0.39 is 11.6 Å². The Kier molecular flexibility index (Phi) is 7.32. The summed E-state index contributed by atoms with van der Waals surface area (Å²) >= 11 is 6.10. The Morgan fingerprint density at radius 3 is 2.51 bits per heavy atom. The largest absolute Gasteiger partial charge is 0.478 e. The maximum absolute atomic E-state index is 13.0. The molecule has 1 heterocycles. The molecule has 0 saturated heterocycles. The van der Waals surface area contributed by atoms with E-state index in [1.807, 2.05) is 74.6 Å². The molecule has 0 fully saturated rings. The Bertz CT molecular complexity index is 1490. The molecule has 1 atom stereocenters. The lowest BCUT2D eigenvalue weighted by Crippen LogP contribution is -2.37. The van der Waals surface area contributed by atoms with Crippen molar-refractivity contribution in [3.63, 3.8) is 0 Å². The molecule has 2 N–H and O–H groups in total. The number of nitrogens with one attached hydrogen (secondary N) is 1. The van der Waals surface area contributed by atoms with Crippen molar-refractivity contribution in [1.29, 1.82) is 0 Å². The van der Waals surface area contributed by atoms with Crippen LogP contribution in [0.3, 0.4) is 0 Å². The van der Waals surface area contributed by atoms with Crippen molar-refractivity contribution in [3.8, 4) is 5.75 Å². The molecule has 0 spiro atoms. The highest BCUT2D eigenvalue weighted by molar-refractivity contribution is 6.30. The highest BCUT2D eigenvalue weighted by atomic mass is 35.5. The Morgan fingerprint density at radius 2 is 1.81 bits per heavy atom. The summed E-state index contributed by atoms with van der Waals surface area (Å²) in [4.78, 5) is 24.5. The number of aryl methyl sites for hydroxylation is 1. The summed E-state index contributed by atoms with van der Waals surface area (Å²) in [6.45, 7) is 7.05. The first-order valence-corrected chi connectivity index (χ1v) is 12.5.